The standard InChI is InChI=1S/C10H7N3O4/c1-16-5-2-3-6-7(4-5)13(15)11-9-8(6)10(14)17-12-9/h2-4H,1H3,(H,11,12). The molecular formula is C10H7N3O4. The van der Waals surface area contributed by atoms with Crippen LogP contribution in [0.25, 0.3) is 21.9 Å². The molecule has 0 fully saturated rings. The van der Waals surface area contributed by atoms with Crippen molar-refractivity contribution in [2.45, 2.75) is 0 Å². The Bertz CT molecular complexity index is 774. The number of hydrogen-bond donors (Lipinski definition) is 1. The topological polar surface area (TPSA) is 95.1 Å². The highest BCUT2D eigenvalue weighted by Crippen LogP contribution is 2.21. The van der Waals surface area contributed by atoms with Crippen LogP contribution in [-0.2, 0) is 0 Å². The van der Waals surface area contributed by atoms with Crippen LogP contribution in [0.2, 0.25) is 0 Å². The molecule has 2 aromatic heterocycles. The summed E-state index contributed by atoms with van der Waals surface area (Å²) in [7, 11) is 1.49. The molecule has 0 bridgehead atoms. The van der Waals surface area contributed by atoms with Gasteiger partial charge in [0.25, 0.3) is 5.52 Å². The van der Waals surface area contributed by atoms with Crippen LogP contribution in [-0.4, -0.2) is 17.4 Å². The van der Waals surface area contributed by atoms with Crippen molar-refractivity contribution >= 4 is 21.9 Å². The molecule has 3 rings (SSSR count). The minimum atomic E-state index is -0.553. The lowest BCUT2D eigenvalue weighted by atomic mass is 10.2. The third-order valence-electron chi connectivity index (χ3n) is 2.55. The minimum Gasteiger partial charge on any atom is -0.594 e. The van der Waals surface area contributed by atoms with Crippen molar-refractivity contribution < 1.29 is 14.1 Å². The molecule has 17 heavy (non-hydrogen) atoms. The number of H-pyrrole nitrogens is 1. The van der Waals surface area contributed by atoms with Gasteiger partial charge in [-0.2, -0.15) is 5.16 Å². The van der Waals surface area contributed by atoms with Crippen molar-refractivity contribution in [3.63, 3.8) is 0 Å². The molecule has 0 radical (unpaired) electrons. The molecule has 0 atom stereocenters. The molecule has 1 aromatic carbocycles. The Labute approximate surface area is 93.8 Å². The smallest absolute Gasteiger partial charge is 0.367 e. The van der Waals surface area contributed by atoms with E-state index in [2.05, 4.69) is 14.8 Å². The summed E-state index contributed by atoms with van der Waals surface area (Å²) < 4.78 is 9.62. The molecule has 0 spiro atoms. The van der Waals surface area contributed by atoms with Crippen molar-refractivity contribution in [2.24, 2.45) is 0 Å². The van der Waals surface area contributed by atoms with Crippen molar-refractivity contribution in [3.05, 3.63) is 33.8 Å². The normalized spacial score (nSPS) is 11.1. The van der Waals surface area contributed by atoms with E-state index in [1.165, 1.54) is 13.2 Å². The second-order valence-corrected chi connectivity index (χ2v) is 3.47. The highest BCUT2D eigenvalue weighted by atomic mass is 16.5. The average molecular weight is 233 g/mol. The van der Waals surface area contributed by atoms with Gasteiger partial charge in [0.05, 0.1) is 18.6 Å². The fourth-order valence-corrected chi connectivity index (χ4v) is 1.75. The predicted molar refractivity (Wildman–Crippen MR) is 57.6 cm³/mol. The Balaban J connectivity index is 2.57. The molecule has 86 valence electrons. The molecule has 2 heterocycles. The van der Waals surface area contributed by atoms with E-state index >= 15 is 0 Å². The predicted octanol–water partition coefficient (Wildman–Crippen LogP) is 0.311. The maximum atomic E-state index is 11.7. The zero-order valence-electron chi connectivity index (χ0n) is 8.76. The first-order chi connectivity index (χ1) is 8.20. The lowest BCUT2D eigenvalue weighted by Gasteiger charge is -2.01. The van der Waals surface area contributed by atoms with Gasteiger partial charge in [-0.1, -0.05) is 0 Å². The number of ether oxygens (including phenoxy) is 1. The van der Waals surface area contributed by atoms with Gasteiger partial charge in [0.2, 0.25) is 5.65 Å². The Morgan fingerprint density at radius 1 is 1.53 bits per heavy atom. The van der Waals surface area contributed by atoms with Crippen LogP contribution >= 0.6 is 0 Å². The van der Waals surface area contributed by atoms with Crippen LogP contribution in [0.3, 0.4) is 0 Å². The maximum Gasteiger partial charge on any atom is 0.367 e. The SMILES string of the molecule is COc1ccc2c3c(=O)o[nH]c3n[n+]([O-])c2c1. The number of fused-ring (bicyclic) bond motifs is 3. The van der Waals surface area contributed by atoms with E-state index in [4.69, 9.17) is 4.74 Å². The first-order valence-electron chi connectivity index (χ1n) is 4.79. The number of aromatic nitrogens is 3. The zero-order valence-corrected chi connectivity index (χ0v) is 8.76. The van der Waals surface area contributed by atoms with Gasteiger partial charge >= 0.3 is 5.63 Å². The molecule has 0 saturated heterocycles. The number of rotatable bonds is 1. The molecule has 0 aliphatic rings. The van der Waals surface area contributed by atoms with Gasteiger partial charge < -0.3 is 14.5 Å². The van der Waals surface area contributed by atoms with Gasteiger partial charge in [-0.15, -0.1) is 0 Å². The van der Waals surface area contributed by atoms with Gasteiger partial charge in [-0.05, 0) is 17.0 Å². The largest absolute Gasteiger partial charge is 0.594 e. The molecule has 0 unspecified atom stereocenters. The van der Waals surface area contributed by atoms with Crippen LogP contribution < -0.4 is 15.2 Å². The first-order valence-corrected chi connectivity index (χ1v) is 4.79. The number of nitrogens with one attached hydrogen (secondary N) is 1. The van der Waals surface area contributed by atoms with E-state index in [0.717, 1.165) is 0 Å². The van der Waals surface area contributed by atoms with E-state index < -0.39 is 5.63 Å². The van der Waals surface area contributed by atoms with Gasteiger partial charge in [0.15, 0.2) is 0 Å². The third-order valence-corrected chi connectivity index (χ3v) is 2.55. The molecule has 0 saturated carbocycles. The fourth-order valence-electron chi connectivity index (χ4n) is 1.75. The summed E-state index contributed by atoms with van der Waals surface area (Å²) in [6.07, 6.45) is 0. The van der Waals surface area contributed by atoms with Crippen molar-refractivity contribution in [2.75, 3.05) is 7.11 Å². The van der Waals surface area contributed by atoms with E-state index in [1.54, 1.807) is 12.1 Å². The van der Waals surface area contributed by atoms with E-state index in [0.29, 0.717) is 16.0 Å². The quantitative estimate of drug-likeness (QED) is 0.482. The summed E-state index contributed by atoms with van der Waals surface area (Å²) in [4.78, 5) is 11.9. The van der Waals surface area contributed by atoms with E-state index in [-0.39, 0.29) is 16.6 Å². The van der Waals surface area contributed by atoms with Gasteiger partial charge in [-0.3, -0.25) is 0 Å². The summed E-state index contributed by atoms with van der Waals surface area (Å²) in [5.41, 5.74) is -0.172. The third kappa shape index (κ3) is 1.25. The molecular weight excluding hydrogens is 226 g/mol. The summed E-state index contributed by atoms with van der Waals surface area (Å²) in [6.45, 7) is 0. The molecule has 1 N–H and O–H groups in total. The van der Waals surface area contributed by atoms with Crippen LogP contribution in [0.1, 0.15) is 0 Å². The molecule has 0 aliphatic carbocycles. The number of nitrogens with zero attached hydrogens (tertiary/aromatic N) is 2. The van der Waals surface area contributed by atoms with Gasteiger partial charge in [0, 0.05) is 5.10 Å². The second-order valence-electron chi connectivity index (χ2n) is 3.47. The summed E-state index contributed by atoms with van der Waals surface area (Å²) in [5.74, 6) is 0.517. The van der Waals surface area contributed by atoms with Gasteiger partial charge in [0.1, 0.15) is 11.1 Å². The Hall–Kier alpha value is -2.57. The van der Waals surface area contributed by atoms with Gasteiger partial charge in [-0.25, -0.2) is 4.79 Å². The number of hydrogen-bond acceptors (Lipinski definition) is 5. The number of aromatic amines is 1. The highest BCUT2D eigenvalue weighted by Gasteiger charge is 2.17. The Morgan fingerprint density at radius 2 is 2.35 bits per heavy atom. The lowest BCUT2D eigenvalue weighted by molar-refractivity contribution is -0.640. The lowest BCUT2D eigenvalue weighted by Crippen LogP contribution is -2.32. The Kier molecular flexibility index (Phi) is 1.82. The highest BCUT2D eigenvalue weighted by molar-refractivity contribution is 6.00. The van der Waals surface area contributed by atoms with Crippen molar-refractivity contribution in [1.82, 2.24) is 10.3 Å². The van der Waals surface area contributed by atoms with Crippen LogP contribution in [0, 0.1) is 5.21 Å². The fraction of sp³-hybridized carbons (Fsp3) is 0.100. The molecule has 7 heteroatoms. The molecule has 0 aliphatic heterocycles. The van der Waals surface area contributed by atoms with Crippen molar-refractivity contribution in [3.8, 4) is 5.75 Å². The second kappa shape index (κ2) is 3.21. The van der Waals surface area contributed by atoms with E-state index in [1.807, 2.05) is 0 Å². The number of benzene rings is 1. The molecule has 7 nitrogen and oxygen atoms in total. The van der Waals surface area contributed by atoms with E-state index in [9.17, 15) is 10.0 Å². The summed E-state index contributed by atoms with van der Waals surface area (Å²) in [6, 6.07) is 4.80. The summed E-state index contributed by atoms with van der Waals surface area (Å²) in [5, 5.41) is 18.3. The van der Waals surface area contributed by atoms with Crippen LogP contribution in [0.4, 0.5) is 0 Å². The summed E-state index contributed by atoms with van der Waals surface area (Å²) >= 11 is 0. The monoisotopic (exact) mass is 233 g/mol. The molecule has 3 aromatic rings. The number of methoxy groups -OCH3 is 1. The maximum absolute atomic E-state index is 11.7. The molecule has 0 amide bonds. The van der Waals surface area contributed by atoms with Crippen molar-refractivity contribution in [1.29, 1.82) is 0 Å². The first kappa shape index (κ1) is 9.64. The minimum absolute atomic E-state index is 0.127. The Morgan fingerprint density at radius 3 is 3.12 bits per heavy atom. The van der Waals surface area contributed by atoms with Crippen LogP contribution in [0.5, 0.6) is 5.75 Å². The zero-order chi connectivity index (χ0) is 12.0. The van der Waals surface area contributed by atoms with Crippen LogP contribution in [0.15, 0.2) is 27.5 Å². The average Bonchev–Trinajstić information content (AvgIpc) is 2.70.